The van der Waals surface area contributed by atoms with Crippen LogP contribution in [0.3, 0.4) is 0 Å². The minimum Gasteiger partial charge on any atom is -0.369 e. The lowest BCUT2D eigenvalue weighted by Gasteiger charge is -2.23. The van der Waals surface area contributed by atoms with E-state index in [0.717, 1.165) is 6.42 Å². The Morgan fingerprint density at radius 1 is 1.15 bits per heavy atom. The van der Waals surface area contributed by atoms with Gasteiger partial charge in [-0.15, -0.1) is 0 Å². The van der Waals surface area contributed by atoms with E-state index < -0.39 is 7.60 Å². The van der Waals surface area contributed by atoms with Gasteiger partial charge in [-0.3, -0.25) is 4.57 Å². The van der Waals surface area contributed by atoms with Crippen molar-refractivity contribution in [1.29, 1.82) is 0 Å². The number of rotatable bonds is 12. The van der Waals surface area contributed by atoms with Gasteiger partial charge in [0, 0.05) is 22.7 Å². The zero-order valence-corrected chi connectivity index (χ0v) is 16.0. The highest BCUT2D eigenvalue weighted by molar-refractivity contribution is 7.56. The quantitative estimate of drug-likeness (QED) is 0.309. The molecule has 0 spiro atoms. The molecule has 20 heavy (non-hydrogen) atoms. The summed E-state index contributed by atoms with van der Waals surface area (Å²) in [6, 6.07) is 0. The van der Waals surface area contributed by atoms with Crippen LogP contribution in [-0.2, 0) is 22.9 Å². The van der Waals surface area contributed by atoms with Gasteiger partial charge in [-0.1, -0.05) is 0 Å². The molecule has 0 bridgehead atoms. The molecule has 0 saturated heterocycles. The van der Waals surface area contributed by atoms with E-state index in [2.05, 4.69) is 18.6 Å². The maximum atomic E-state index is 12.5. The van der Waals surface area contributed by atoms with Crippen LogP contribution >= 0.6 is 26.2 Å². The summed E-state index contributed by atoms with van der Waals surface area (Å²) in [4.78, 5) is 0. The van der Waals surface area contributed by atoms with E-state index in [1.54, 1.807) is 0 Å². The fraction of sp³-hybridized carbons (Fsp3) is 1.00. The molecule has 9 heteroatoms. The molecular formula is C11H27BO5P3. The van der Waals surface area contributed by atoms with Crippen molar-refractivity contribution in [3.05, 3.63) is 0 Å². The highest BCUT2D eigenvalue weighted by atomic mass is 31.2. The standard InChI is InChI=1S/C11H27BO5P3/c1-9(2)16-20(13,17-10(3)4)8-14-6-5-11(12-18)7-15-19/h9-11H,5-8,18-19H2,1-4H3. The van der Waals surface area contributed by atoms with Crippen LogP contribution in [0.2, 0.25) is 5.82 Å². The topological polar surface area (TPSA) is 54.0 Å². The number of hydrogen-bond donors (Lipinski definition) is 0. The second-order valence-corrected chi connectivity index (χ2v) is 7.65. The van der Waals surface area contributed by atoms with Crippen LogP contribution in [0.25, 0.3) is 0 Å². The average Bonchev–Trinajstić information content (AvgIpc) is 2.30. The molecule has 0 aliphatic rings. The minimum absolute atomic E-state index is 0.0192. The molecule has 0 aromatic heterocycles. The SMILES string of the molecule is CC(C)OP(=O)(COCCC([B]P)COP)OC(C)C. The smallest absolute Gasteiger partial charge is 0.356 e. The van der Waals surface area contributed by atoms with Crippen LogP contribution in [0.4, 0.5) is 0 Å². The van der Waals surface area contributed by atoms with Crippen molar-refractivity contribution in [2.45, 2.75) is 52.1 Å². The second-order valence-electron chi connectivity index (χ2n) is 5.03. The van der Waals surface area contributed by atoms with E-state index in [0.29, 0.717) is 13.2 Å². The van der Waals surface area contributed by atoms with E-state index in [4.69, 9.17) is 18.3 Å². The molecule has 5 nitrogen and oxygen atoms in total. The summed E-state index contributed by atoms with van der Waals surface area (Å²) in [6.45, 7) is 10.4. The molecule has 0 aliphatic heterocycles. The van der Waals surface area contributed by atoms with Gasteiger partial charge in [0.1, 0.15) is 13.3 Å². The van der Waals surface area contributed by atoms with E-state index in [-0.39, 0.29) is 24.4 Å². The first kappa shape index (κ1) is 21.0. The lowest BCUT2D eigenvalue weighted by Crippen LogP contribution is -2.13. The third kappa shape index (κ3) is 10.7. The Bertz CT molecular complexity index is 277. The van der Waals surface area contributed by atoms with Gasteiger partial charge >= 0.3 is 7.60 Å². The maximum absolute atomic E-state index is 12.5. The largest absolute Gasteiger partial charge is 0.369 e. The zero-order chi connectivity index (χ0) is 15.6. The number of ether oxygens (including phenoxy) is 1. The summed E-state index contributed by atoms with van der Waals surface area (Å²) in [5.41, 5.74) is 0. The van der Waals surface area contributed by atoms with E-state index in [1.807, 2.05) is 34.7 Å². The van der Waals surface area contributed by atoms with E-state index in [1.165, 1.54) is 0 Å². The molecule has 0 heterocycles. The summed E-state index contributed by atoms with van der Waals surface area (Å²) in [7, 11) is 1.61. The van der Waals surface area contributed by atoms with Crippen molar-refractivity contribution in [2.75, 3.05) is 19.6 Å². The predicted molar refractivity (Wildman–Crippen MR) is 90.4 cm³/mol. The van der Waals surface area contributed by atoms with Crippen molar-refractivity contribution in [3.63, 3.8) is 0 Å². The molecule has 0 aromatic carbocycles. The lowest BCUT2D eigenvalue weighted by atomic mass is 9.84. The average molecular weight is 343 g/mol. The summed E-state index contributed by atoms with van der Waals surface area (Å²) < 4.78 is 33.7. The Morgan fingerprint density at radius 3 is 2.10 bits per heavy atom. The molecule has 0 saturated carbocycles. The molecule has 0 aliphatic carbocycles. The first-order valence-electron chi connectivity index (χ1n) is 6.73. The van der Waals surface area contributed by atoms with E-state index >= 15 is 0 Å². The maximum Gasteiger partial charge on any atom is 0.356 e. The molecule has 119 valence electrons. The fourth-order valence-electron chi connectivity index (χ4n) is 1.50. The molecule has 0 rings (SSSR count). The van der Waals surface area contributed by atoms with Crippen molar-refractivity contribution in [3.8, 4) is 0 Å². The Labute approximate surface area is 128 Å². The van der Waals surface area contributed by atoms with Gasteiger partial charge in [-0.2, -0.15) is 9.12 Å². The van der Waals surface area contributed by atoms with Gasteiger partial charge < -0.3 is 18.3 Å². The van der Waals surface area contributed by atoms with Crippen LogP contribution in [0.1, 0.15) is 34.1 Å². The highest BCUT2D eigenvalue weighted by Crippen LogP contribution is 2.50. The van der Waals surface area contributed by atoms with Crippen molar-refractivity contribution >= 4 is 33.2 Å². The predicted octanol–water partition coefficient (Wildman–Crippen LogP) is 3.48. The van der Waals surface area contributed by atoms with Crippen LogP contribution in [0.5, 0.6) is 0 Å². The van der Waals surface area contributed by atoms with Crippen LogP contribution < -0.4 is 0 Å². The van der Waals surface area contributed by atoms with Gasteiger partial charge in [-0.05, 0) is 39.9 Å². The summed E-state index contributed by atoms with van der Waals surface area (Å²) in [5.74, 6) is 0.286. The highest BCUT2D eigenvalue weighted by Gasteiger charge is 2.28. The Balaban J connectivity index is 4.16. The molecule has 1 radical (unpaired) electrons. The molecule has 0 N–H and O–H groups in total. The first-order chi connectivity index (χ1) is 9.33. The van der Waals surface area contributed by atoms with Gasteiger partial charge in [0.25, 0.3) is 0 Å². The normalized spacial score (nSPS) is 14.0. The van der Waals surface area contributed by atoms with Crippen LogP contribution in [-0.4, -0.2) is 38.8 Å². The van der Waals surface area contributed by atoms with Gasteiger partial charge in [0.15, 0.2) is 0 Å². The van der Waals surface area contributed by atoms with Crippen molar-refractivity contribution < 1.29 is 22.9 Å². The zero-order valence-electron chi connectivity index (χ0n) is 12.8. The monoisotopic (exact) mass is 343 g/mol. The minimum atomic E-state index is -3.19. The molecule has 3 unspecified atom stereocenters. The fourth-order valence-corrected chi connectivity index (χ4v) is 3.86. The summed E-state index contributed by atoms with van der Waals surface area (Å²) >= 11 is 0. The van der Waals surface area contributed by atoms with Crippen molar-refractivity contribution in [2.24, 2.45) is 0 Å². The van der Waals surface area contributed by atoms with Crippen LogP contribution in [0, 0.1) is 0 Å². The van der Waals surface area contributed by atoms with Gasteiger partial charge in [-0.25, -0.2) is 0 Å². The third-order valence-corrected chi connectivity index (χ3v) is 4.93. The summed E-state index contributed by atoms with van der Waals surface area (Å²) in [5, 5.41) is 0. The first-order valence-corrected chi connectivity index (χ1v) is 9.60. The lowest BCUT2D eigenvalue weighted by molar-refractivity contribution is 0.0965. The molecular weight excluding hydrogens is 316 g/mol. The molecule has 0 aromatic rings. The van der Waals surface area contributed by atoms with Gasteiger partial charge in [0.05, 0.1) is 12.2 Å². The van der Waals surface area contributed by atoms with E-state index in [9.17, 15) is 4.57 Å². The Kier molecular flexibility index (Phi) is 12.1. The Hall–Kier alpha value is 0.995. The van der Waals surface area contributed by atoms with Gasteiger partial charge in [0.2, 0.25) is 0 Å². The van der Waals surface area contributed by atoms with Crippen LogP contribution in [0.15, 0.2) is 0 Å². The second kappa shape index (κ2) is 11.5. The summed E-state index contributed by atoms with van der Waals surface area (Å²) in [6.07, 6.45) is 0.444. The third-order valence-electron chi connectivity index (χ3n) is 2.21. The molecule has 3 atom stereocenters. The number of hydrogen-bond acceptors (Lipinski definition) is 5. The molecule has 0 fully saturated rings. The Morgan fingerprint density at radius 2 is 1.70 bits per heavy atom. The molecule has 0 amide bonds. The van der Waals surface area contributed by atoms with Crippen molar-refractivity contribution in [1.82, 2.24) is 0 Å².